The number of alkyl halides is 3. The number of halogens is 3. The van der Waals surface area contributed by atoms with Crippen LogP contribution in [-0.4, -0.2) is 30.3 Å². The fraction of sp³-hybridized carbons (Fsp3) is 0.217. The molecule has 2 amide bonds. The zero-order chi connectivity index (χ0) is 23.1. The van der Waals surface area contributed by atoms with Crippen LogP contribution in [0.5, 0.6) is 0 Å². The van der Waals surface area contributed by atoms with Crippen LogP contribution in [0.25, 0.3) is 0 Å². The number of hydrogen-bond donors (Lipinski definition) is 2. The number of amides is 2. The molecule has 0 aliphatic heterocycles. The van der Waals surface area contributed by atoms with Crippen molar-refractivity contribution < 1.29 is 27.2 Å². The van der Waals surface area contributed by atoms with Crippen LogP contribution in [0.3, 0.4) is 0 Å². The molecule has 0 atom stereocenters. The molecule has 6 nitrogen and oxygen atoms in total. The van der Waals surface area contributed by atoms with E-state index < -0.39 is 11.7 Å². The van der Waals surface area contributed by atoms with E-state index in [1.54, 1.807) is 43.4 Å². The molecule has 0 saturated carbocycles. The quantitative estimate of drug-likeness (QED) is 0.542. The van der Waals surface area contributed by atoms with Gasteiger partial charge in [-0.3, -0.25) is 14.5 Å². The van der Waals surface area contributed by atoms with Gasteiger partial charge >= 0.3 is 6.18 Å². The van der Waals surface area contributed by atoms with Gasteiger partial charge in [0.1, 0.15) is 5.76 Å². The molecule has 3 aromatic rings. The van der Waals surface area contributed by atoms with Crippen molar-refractivity contribution in [2.75, 3.05) is 18.9 Å². The summed E-state index contributed by atoms with van der Waals surface area (Å²) < 4.78 is 43.5. The van der Waals surface area contributed by atoms with E-state index in [4.69, 9.17) is 4.42 Å². The second-order valence-corrected chi connectivity index (χ2v) is 7.12. The minimum atomic E-state index is -4.43. The van der Waals surface area contributed by atoms with E-state index in [1.807, 2.05) is 4.90 Å². The molecule has 0 bridgehead atoms. The van der Waals surface area contributed by atoms with E-state index in [0.717, 1.165) is 17.7 Å². The number of hydrogen-bond acceptors (Lipinski definition) is 4. The first-order chi connectivity index (χ1) is 15.2. The monoisotopic (exact) mass is 445 g/mol. The van der Waals surface area contributed by atoms with Crippen molar-refractivity contribution in [2.24, 2.45) is 0 Å². The standard InChI is InChI=1S/C23H22F3N3O3/c1-27-22(31)17-6-4-16(5-7-17)13-29(14-20-3-2-12-32-20)15-21(30)28-19-10-8-18(9-11-19)23(24,25)26/h2-12H,13-15H2,1H3,(H,27,31)(H,28,30). The molecule has 0 aliphatic rings. The molecule has 1 aromatic heterocycles. The smallest absolute Gasteiger partial charge is 0.416 e. The van der Waals surface area contributed by atoms with Crippen LogP contribution in [0, 0.1) is 0 Å². The van der Waals surface area contributed by atoms with Crippen molar-refractivity contribution in [3.05, 3.63) is 89.4 Å². The molecule has 2 N–H and O–H groups in total. The molecule has 3 rings (SSSR count). The normalized spacial score (nSPS) is 11.4. The van der Waals surface area contributed by atoms with E-state index in [0.29, 0.717) is 24.4 Å². The zero-order valence-corrected chi connectivity index (χ0v) is 17.3. The van der Waals surface area contributed by atoms with Crippen molar-refractivity contribution in [2.45, 2.75) is 19.3 Å². The third-order valence-electron chi connectivity index (χ3n) is 4.67. The van der Waals surface area contributed by atoms with Crippen molar-refractivity contribution >= 4 is 17.5 Å². The molecule has 1 heterocycles. The Morgan fingerprint density at radius 1 is 0.969 bits per heavy atom. The van der Waals surface area contributed by atoms with Crippen LogP contribution in [-0.2, 0) is 24.1 Å². The molecule has 0 unspecified atom stereocenters. The van der Waals surface area contributed by atoms with Gasteiger partial charge in [0.2, 0.25) is 5.91 Å². The summed E-state index contributed by atoms with van der Waals surface area (Å²) in [5, 5.41) is 5.17. The first-order valence-corrected chi connectivity index (χ1v) is 9.77. The Morgan fingerprint density at radius 3 is 2.22 bits per heavy atom. The minimum Gasteiger partial charge on any atom is -0.468 e. The van der Waals surface area contributed by atoms with Gasteiger partial charge < -0.3 is 15.1 Å². The SMILES string of the molecule is CNC(=O)c1ccc(CN(CC(=O)Nc2ccc(C(F)(F)F)cc2)Cc2ccco2)cc1. The number of rotatable bonds is 8. The van der Waals surface area contributed by atoms with E-state index in [9.17, 15) is 22.8 Å². The van der Waals surface area contributed by atoms with Gasteiger partial charge in [0.25, 0.3) is 5.91 Å². The maximum absolute atomic E-state index is 12.7. The molecule has 0 radical (unpaired) electrons. The van der Waals surface area contributed by atoms with Gasteiger partial charge in [0.15, 0.2) is 0 Å². The summed E-state index contributed by atoms with van der Waals surface area (Å²) in [6.07, 6.45) is -2.90. The number of nitrogens with zero attached hydrogens (tertiary/aromatic N) is 1. The van der Waals surface area contributed by atoms with Gasteiger partial charge in [-0.15, -0.1) is 0 Å². The summed E-state index contributed by atoms with van der Waals surface area (Å²) >= 11 is 0. The lowest BCUT2D eigenvalue weighted by atomic mass is 10.1. The average molecular weight is 445 g/mol. The summed E-state index contributed by atoms with van der Waals surface area (Å²) in [6, 6.07) is 14.8. The molecule has 0 aliphatic carbocycles. The topological polar surface area (TPSA) is 74.6 Å². The van der Waals surface area contributed by atoms with Crippen molar-refractivity contribution in [1.82, 2.24) is 10.2 Å². The largest absolute Gasteiger partial charge is 0.468 e. The Morgan fingerprint density at radius 2 is 1.66 bits per heavy atom. The number of carbonyl (C=O) groups is 2. The maximum Gasteiger partial charge on any atom is 0.416 e. The van der Waals surface area contributed by atoms with Crippen LogP contribution in [0.15, 0.2) is 71.3 Å². The van der Waals surface area contributed by atoms with E-state index >= 15 is 0 Å². The molecule has 0 spiro atoms. The highest BCUT2D eigenvalue weighted by Gasteiger charge is 2.30. The maximum atomic E-state index is 12.7. The van der Waals surface area contributed by atoms with Gasteiger partial charge in [0.05, 0.1) is 24.9 Å². The molecule has 2 aromatic carbocycles. The number of carbonyl (C=O) groups excluding carboxylic acids is 2. The zero-order valence-electron chi connectivity index (χ0n) is 17.3. The summed E-state index contributed by atoms with van der Waals surface area (Å²) in [7, 11) is 1.55. The van der Waals surface area contributed by atoms with E-state index in [-0.39, 0.29) is 24.0 Å². The van der Waals surface area contributed by atoms with Crippen LogP contribution in [0.4, 0.5) is 18.9 Å². The van der Waals surface area contributed by atoms with E-state index in [2.05, 4.69) is 10.6 Å². The lowest BCUT2D eigenvalue weighted by Crippen LogP contribution is -2.32. The van der Waals surface area contributed by atoms with Crippen molar-refractivity contribution in [3.63, 3.8) is 0 Å². The molecule has 9 heteroatoms. The predicted octanol–water partition coefficient (Wildman–Crippen LogP) is 4.30. The third-order valence-corrected chi connectivity index (χ3v) is 4.67. The molecular weight excluding hydrogens is 423 g/mol. The molecule has 0 fully saturated rings. The summed E-state index contributed by atoms with van der Waals surface area (Å²) in [5.74, 6) is 0.0903. The predicted molar refractivity (Wildman–Crippen MR) is 113 cm³/mol. The highest BCUT2D eigenvalue weighted by molar-refractivity contribution is 5.94. The van der Waals surface area contributed by atoms with Gasteiger partial charge in [-0.1, -0.05) is 12.1 Å². The van der Waals surface area contributed by atoms with Crippen LogP contribution in [0.2, 0.25) is 0 Å². The molecular formula is C23H22F3N3O3. The lowest BCUT2D eigenvalue weighted by Gasteiger charge is -2.21. The molecule has 0 saturated heterocycles. The first kappa shape index (κ1) is 23.1. The number of furan rings is 1. The Balaban J connectivity index is 1.67. The number of nitrogens with one attached hydrogen (secondary N) is 2. The van der Waals surface area contributed by atoms with Crippen LogP contribution in [0.1, 0.15) is 27.2 Å². The Labute approximate surface area is 183 Å². The van der Waals surface area contributed by atoms with E-state index in [1.165, 1.54) is 18.4 Å². The summed E-state index contributed by atoms with van der Waals surface area (Å²) in [4.78, 5) is 26.1. The lowest BCUT2D eigenvalue weighted by molar-refractivity contribution is -0.137. The van der Waals surface area contributed by atoms with Gasteiger partial charge in [-0.05, 0) is 54.1 Å². The summed E-state index contributed by atoms with van der Waals surface area (Å²) in [6.45, 7) is 0.735. The number of benzene rings is 2. The molecule has 168 valence electrons. The highest BCUT2D eigenvalue weighted by atomic mass is 19.4. The fourth-order valence-electron chi connectivity index (χ4n) is 3.10. The average Bonchev–Trinajstić information content (AvgIpc) is 3.26. The first-order valence-electron chi connectivity index (χ1n) is 9.77. The Hall–Kier alpha value is -3.59. The fourth-order valence-corrected chi connectivity index (χ4v) is 3.10. The van der Waals surface area contributed by atoms with Gasteiger partial charge in [0, 0.05) is 24.8 Å². The Bertz CT molecular complexity index is 1030. The van der Waals surface area contributed by atoms with Crippen molar-refractivity contribution in [3.8, 4) is 0 Å². The van der Waals surface area contributed by atoms with Gasteiger partial charge in [-0.25, -0.2) is 0 Å². The van der Waals surface area contributed by atoms with Gasteiger partial charge in [-0.2, -0.15) is 13.2 Å². The molecule has 32 heavy (non-hydrogen) atoms. The number of anilines is 1. The van der Waals surface area contributed by atoms with Crippen LogP contribution < -0.4 is 10.6 Å². The third kappa shape index (κ3) is 6.45. The second-order valence-electron chi connectivity index (χ2n) is 7.12. The highest BCUT2D eigenvalue weighted by Crippen LogP contribution is 2.29. The van der Waals surface area contributed by atoms with Crippen LogP contribution >= 0.6 is 0 Å². The minimum absolute atomic E-state index is 0.0150. The van der Waals surface area contributed by atoms with Crippen molar-refractivity contribution in [1.29, 1.82) is 0 Å². The Kier molecular flexibility index (Phi) is 7.32. The summed E-state index contributed by atoms with van der Waals surface area (Å²) in [5.41, 5.74) is 0.895. The second kappa shape index (κ2) is 10.1.